The van der Waals surface area contributed by atoms with Gasteiger partial charge in [0.25, 0.3) is 0 Å². The Labute approximate surface area is 63.6 Å². The standard InChI is InChI=1S/C10H16/c1-3-9(2)10-7-5-4-6-8-10/h4-5H,3,6-8H2,1-2H3. The van der Waals surface area contributed by atoms with Crippen LogP contribution in [0.5, 0.6) is 0 Å². The zero-order valence-electron chi connectivity index (χ0n) is 6.98. The molecule has 0 saturated heterocycles. The van der Waals surface area contributed by atoms with E-state index >= 15 is 0 Å². The summed E-state index contributed by atoms with van der Waals surface area (Å²) < 4.78 is 0. The third-order valence-corrected chi connectivity index (χ3v) is 2.28. The molecular weight excluding hydrogens is 120 g/mol. The molecule has 0 saturated carbocycles. The summed E-state index contributed by atoms with van der Waals surface area (Å²) in [6, 6.07) is 0. The highest BCUT2D eigenvalue weighted by Crippen LogP contribution is 2.21. The fourth-order valence-corrected chi connectivity index (χ4v) is 1.34. The number of allylic oxidation sites excluding steroid dienone is 4. The zero-order chi connectivity index (χ0) is 7.40. The van der Waals surface area contributed by atoms with Crippen LogP contribution in [0, 0.1) is 0 Å². The molecule has 0 spiro atoms. The fourth-order valence-electron chi connectivity index (χ4n) is 1.34. The van der Waals surface area contributed by atoms with Crippen LogP contribution >= 0.6 is 0 Å². The molecule has 0 radical (unpaired) electrons. The summed E-state index contributed by atoms with van der Waals surface area (Å²) in [4.78, 5) is 0. The molecule has 0 bridgehead atoms. The van der Waals surface area contributed by atoms with Gasteiger partial charge in [0.05, 0.1) is 0 Å². The molecule has 0 fully saturated rings. The molecule has 1 aliphatic carbocycles. The van der Waals surface area contributed by atoms with E-state index in [2.05, 4.69) is 26.0 Å². The van der Waals surface area contributed by atoms with E-state index in [1.165, 1.54) is 25.7 Å². The van der Waals surface area contributed by atoms with Crippen LogP contribution in [0.3, 0.4) is 0 Å². The SMILES string of the molecule is CCC(C)=C1CC=CCC1. The Hall–Kier alpha value is -0.520. The van der Waals surface area contributed by atoms with E-state index in [0.29, 0.717) is 0 Å². The van der Waals surface area contributed by atoms with Crippen molar-refractivity contribution in [3.8, 4) is 0 Å². The van der Waals surface area contributed by atoms with Crippen molar-refractivity contribution in [1.29, 1.82) is 0 Å². The van der Waals surface area contributed by atoms with Gasteiger partial charge >= 0.3 is 0 Å². The van der Waals surface area contributed by atoms with Crippen LogP contribution < -0.4 is 0 Å². The summed E-state index contributed by atoms with van der Waals surface area (Å²) in [5, 5.41) is 0. The molecule has 0 N–H and O–H groups in total. The van der Waals surface area contributed by atoms with Gasteiger partial charge in [-0.05, 0) is 32.6 Å². The molecule has 1 rings (SSSR count). The minimum Gasteiger partial charge on any atom is -0.0879 e. The van der Waals surface area contributed by atoms with Crippen molar-refractivity contribution in [2.45, 2.75) is 39.5 Å². The van der Waals surface area contributed by atoms with Crippen LogP contribution in [0.25, 0.3) is 0 Å². The van der Waals surface area contributed by atoms with Crippen molar-refractivity contribution in [2.75, 3.05) is 0 Å². The smallest absolute Gasteiger partial charge is 0.0136 e. The lowest BCUT2D eigenvalue weighted by molar-refractivity contribution is 0.859. The Kier molecular flexibility index (Phi) is 2.73. The third kappa shape index (κ3) is 1.73. The highest BCUT2D eigenvalue weighted by molar-refractivity contribution is 5.18. The maximum atomic E-state index is 2.29. The van der Waals surface area contributed by atoms with Gasteiger partial charge in [-0.3, -0.25) is 0 Å². The molecule has 0 amide bonds. The maximum Gasteiger partial charge on any atom is -0.0136 e. The molecule has 0 aromatic carbocycles. The summed E-state index contributed by atoms with van der Waals surface area (Å²) in [6.07, 6.45) is 9.57. The summed E-state index contributed by atoms with van der Waals surface area (Å²) in [6.45, 7) is 4.50. The third-order valence-electron chi connectivity index (χ3n) is 2.28. The first-order valence-corrected chi connectivity index (χ1v) is 4.17. The van der Waals surface area contributed by atoms with Gasteiger partial charge in [-0.15, -0.1) is 0 Å². The van der Waals surface area contributed by atoms with Gasteiger partial charge in [-0.1, -0.05) is 30.2 Å². The molecule has 10 heavy (non-hydrogen) atoms. The second-order valence-electron chi connectivity index (χ2n) is 2.95. The van der Waals surface area contributed by atoms with Gasteiger partial charge in [0.1, 0.15) is 0 Å². The van der Waals surface area contributed by atoms with Crippen molar-refractivity contribution in [3.05, 3.63) is 23.3 Å². The Morgan fingerprint density at radius 1 is 1.50 bits per heavy atom. The van der Waals surface area contributed by atoms with Crippen LogP contribution in [0.4, 0.5) is 0 Å². The highest BCUT2D eigenvalue weighted by atomic mass is 14.1. The summed E-state index contributed by atoms with van der Waals surface area (Å²) >= 11 is 0. The number of rotatable bonds is 1. The highest BCUT2D eigenvalue weighted by Gasteiger charge is 2.01. The van der Waals surface area contributed by atoms with Crippen LogP contribution in [0.2, 0.25) is 0 Å². The molecule has 0 heteroatoms. The van der Waals surface area contributed by atoms with E-state index in [-0.39, 0.29) is 0 Å². The summed E-state index contributed by atoms with van der Waals surface area (Å²) in [5.74, 6) is 0. The van der Waals surface area contributed by atoms with Gasteiger partial charge in [-0.2, -0.15) is 0 Å². The predicted molar refractivity (Wildman–Crippen MR) is 46.0 cm³/mol. The predicted octanol–water partition coefficient (Wildman–Crippen LogP) is 3.45. The average molecular weight is 136 g/mol. The van der Waals surface area contributed by atoms with Gasteiger partial charge in [0.2, 0.25) is 0 Å². The Morgan fingerprint density at radius 2 is 2.30 bits per heavy atom. The van der Waals surface area contributed by atoms with Crippen molar-refractivity contribution in [3.63, 3.8) is 0 Å². The minimum absolute atomic E-state index is 1.21. The van der Waals surface area contributed by atoms with E-state index in [9.17, 15) is 0 Å². The molecule has 0 unspecified atom stereocenters. The first kappa shape index (κ1) is 7.59. The second kappa shape index (κ2) is 3.60. The van der Waals surface area contributed by atoms with Crippen LogP contribution in [-0.4, -0.2) is 0 Å². The molecule has 1 aliphatic rings. The van der Waals surface area contributed by atoms with Gasteiger partial charge < -0.3 is 0 Å². The average Bonchev–Trinajstić information content (AvgIpc) is 2.05. The molecule has 0 aromatic rings. The molecule has 0 aliphatic heterocycles. The van der Waals surface area contributed by atoms with Crippen molar-refractivity contribution in [2.24, 2.45) is 0 Å². The summed E-state index contributed by atoms with van der Waals surface area (Å²) in [5.41, 5.74) is 3.27. The Balaban J connectivity index is 2.63. The molecule has 0 aromatic heterocycles. The Morgan fingerprint density at radius 3 is 2.80 bits per heavy atom. The first-order chi connectivity index (χ1) is 4.84. The number of hydrogen-bond donors (Lipinski definition) is 0. The first-order valence-electron chi connectivity index (χ1n) is 4.17. The monoisotopic (exact) mass is 136 g/mol. The lowest BCUT2D eigenvalue weighted by Gasteiger charge is -2.11. The van der Waals surface area contributed by atoms with E-state index in [1.54, 1.807) is 11.1 Å². The largest absolute Gasteiger partial charge is 0.0879 e. The van der Waals surface area contributed by atoms with Gasteiger partial charge in [-0.25, -0.2) is 0 Å². The lowest BCUT2D eigenvalue weighted by atomic mass is 9.95. The van der Waals surface area contributed by atoms with Gasteiger partial charge in [0, 0.05) is 0 Å². The van der Waals surface area contributed by atoms with Gasteiger partial charge in [0.15, 0.2) is 0 Å². The fraction of sp³-hybridized carbons (Fsp3) is 0.600. The van der Waals surface area contributed by atoms with Crippen molar-refractivity contribution < 1.29 is 0 Å². The van der Waals surface area contributed by atoms with Crippen molar-refractivity contribution in [1.82, 2.24) is 0 Å². The van der Waals surface area contributed by atoms with E-state index in [0.717, 1.165) is 0 Å². The van der Waals surface area contributed by atoms with Crippen LogP contribution in [0.1, 0.15) is 39.5 Å². The van der Waals surface area contributed by atoms with Crippen LogP contribution in [-0.2, 0) is 0 Å². The summed E-state index contributed by atoms with van der Waals surface area (Å²) in [7, 11) is 0. The molecule has 0 atom stereocenters. The van der Waals surface area contributed by atoms with E-state index in [1.807, 2.05) is 0 Å². The zero-order valence-corrected chi connectivity index (χ0v) is 6.98. The topological polar surface area (TPSA) is 0 Å². The number of hydrogen-bond acceptors (Lipinski definition) is 0. The molecular formula is C10H16. The normalized spacial score (nSPS) is 23.0. The molecule has 0 nitrogen and oxygen atoms in total. The maximum absolute atomic E-state index is 2.29. The molecule has 0 heterocycles. The second-order valence-corrected chi connectivity index (χ2v) is 2.95. The van der Waals surface area contributed by atoms with Crippen molar-refractivity contribution >= 4 is 0 Å². The van der Waals surface area contributed by atoms with Crippen LogP contribution in [0.15, 0.2) is 23.3 Å². The minimum atomic E-state index is 1.21. The Bertz CT molecular complexity index is 161. The molecule has 56 valence electrons. The lowest BCUT2D eigenvalue weighted by Crippen LogP contribution is -1.91. The quantitative estimate of drug-likeness (QED) is 0.484. The van der Waals surface area contributed by atoms with E-state index in [4.69, 9.17) is 0 Å². The van der Waals surface area contributed by atoms with E-state index < -0.39 is 0 Å².